The van der Waals surface area contributed by atoms with Crippen molar-refractivity contribution in [2.45, 2.75) is 51.7 Å². The second kappa shape index (κ2) is 6.59. The van der Waals surface area contributed by atoms with E-state index in [4.69, 9.17) is 9.84 Å². The maximum Gasteiger partial charge on any atom is 0.326 e. The van der Waals surface area contributed by atoms with Gasteiger partial charge in [0.25, 0.3) is 0 Å². The molecule has 5 nitrogen and oxygen atoms in total. The Balaban J connectivity index is 2.38. The third-order valence-corrected chi connectivity index (χ3v) is 2.94. The number of carbonyl (C=O) groups is 2. The Morgan fingerprint density at radius 1 is 1.41 bits per heavy atom. The van der Waals surface area contributed by atoms with Crippen LogP contribution in [0.2, 0.25) is 0 Å². The van der Waals surface area contributed by atoms with Crippen LogP contribution in [-0.2, 0) is 14.3 Å². The van der Waals surface area contributed by atoms with E-state index in [0.29, 0.717) is 6.61 Å². The topological polar surface area (TPSA) is 75.6 Å². The van der Waals surface area contributed by atoms with Gasteiger partial charge in [-0.05, 0) is 25.2 Å². The van der Waals surface area contributed by atoms with Crippen molar-refractivity contribution >= 4 is 11.9 Å². The molecule has 1 amide bonds. The molecule has 1 rings (SSSR count). The minimum Gasteiger partial charge on any atom is -0.480 e. The van der Waals surface area contributed by atoms with Crippen molar-refractivity contribution in [2.24, 2.45) is 5.92 Å². The van der Waals surface area contributed by atoms with Crippen molar-refractivity contribution in [1.82, 2.24) is 5.32 Å². The van der Waals surface area contributed by atoms with E-state index in [-0.39, 0.29) is 24.3 Å². The first-order valence-electron chi connectivity index (χ1n) is 6.14. The molecule has 1 aliphatic rings. The third-order valence-electron chi connectivity index (χ3n) is 2.94. The van der Waals surface area contributed by atoms with Crippen LogP contribution in [0.25, 0.3) is 0 Å². The first-order chi connectivity index (χ1) is 8.00. The van der Waals surface area contributed by atoms with Crippen molar-refractivity contribution in [3.05, 3.63) is 0 Å². The number of carboxylic acid groups (broad SMARTS) is 1. The molecular weight excluding hydrogens is 222 g/mol. The zero-order valence-electron chi connectivity index (χ0n) is 10.4. The molecule has 0 spiro atoms. The van der Waals surface area contributed by atoms with Gasteiger partial charge < -0.3 is 15.2 Å². The van der Waals surface area contributed by atoms with Crippen molar-refractivity contribution < 1.29 is 19.4 Å². The van der Waals surface area contributed by atoms with Gasteiger partial charge in [-0.25, -0.2) is 4.79 Å². The van der Waals surface area contributed by atoms with Gasteiger partial charge in [0.2, 0.25) is 5.91 Å². The van der Waals surface area contributed by atoms with E-state index in [1.807, 2.05) is 0 Å². The molecule has 1 saturated heterocycles. The lowest BCUT2D eigenvalue weighted by atomic mass is 10.0. The van der Waals surface area contributed by atoms with Crippen LogP contribution in [0.5, 0.6) is 0 Å². The number of nitrogens with one attached hydrogen (secondary N) is 1. The van der Waals surface area contributed by atoms with Gasteiger partial charge in [-0.1, -0.05) is 13.8 Å². The molecule has 2 N–H and O–H groups in total. The highest BCUT2D eigenvalue weighted by Gasteiger charge is 2.25. The van der Waals surface area contributed by atoms with Crippen LogP contribution in [0.3, 0.4) is 0 Å². The van der Waals surface area contributed by atoms with E-state index in [0.717, 1.165) is 19.3 Å². The maximum absolute atomic E-state index is 11.7. The fourth-order valence-corrected chi connectivity index (χ4v) is 1.92. The molecule has 1 heterocycles. The predicted octanol–water partition coefficient (Wildman–Crippen LogP) is 1.17. The van der Waals surface area contributed by atoms with E-state index in [9.17, 15) is 9.59 Å². The van der Waals surface area contributed by atoms with Crippen LogP contribution in [0.1, 0.15) is 39.5 Å². The molecular formula is C12H21NO4. The first kappa shape index (κ1) is 14.0. The molecule has 0 aromatic heterocycles. The van der Waals surface area contributed by atoms with Crippen LogP contribution in [0.15, 0.2) is 0 Å². The lowest BCUT2D eigenvalue weighted by Gasteiger charge is -2.23. The molecule has 0 saturated carbocycles. The predicted molar refractivity (Wildman–Crippen MR) is 62.6 cm³/mol. The first-order valence-corrected chi connectivity index (χ1v) is 6.14. The number of hydrogen-bond donors (Lipinski definition) is 2. The molecule has 1 fully saturated rings. The van der Waals surface area contributed by atoms with Gasteiger partial charge in [0.05, 0.1) is 12.5 Å². The van der Waals surface area contributed by atoms with Gasteiger partial charge >= 0.3 is 5.97 Å². The fraction of sp³-hybridized carbons (Fsp3) is 0.833. The number of rotatable bonds is 5. The van der Waals surface area contributed by atoms with E-state index in [1.165, 1.54) is 0 Å². The third kappa shape index (κ3) is 4.73. The number of ether oxygens (including phenoxy) is 1. The molecule has 98 valence electrons. The molecule has 0 aliphatic carbocycles. The van der Waals surface area contributed by atoms with Gasteiger partial charge in [0, 0.05) is 6.61 Å². The smallest absolute Gasteiger partial charge is 0.326 e. The van der Waals surface area contributed by atoms with Crippen LogP contribution >= 0.6 is 0 Å². The Morgan fingerprint density at radius 2 is 2.12 bits per heavy atom. The highest BCUT2D eigenvalue weighted by Crippen LogP contribution is 2.15. The molecule has 0 aromatic carbocycles. The molecule has 1 aliphatic heterocycles. The molecule has 17 heavy (non-hydrogen) atoms. The van der Waals surface area contributed by atoms with Gasteiger partial charge in [0.15, 0.2) is 0 Å². The maximum atomic E-state index is 11.7. The Kier molecular flexibility index (Phi) is 5.41. The Hall–Kier alpha value is -1.10. The zero-order chi connectivity index (χ0) is 12.8. The summed E-state index contributed by atoms with van der Waals surface area (Å²) < 4.78 is 5.44. The number of amides is 1. The summed E-state index contributed by atoms with van der Waals surface area (Å²) in [4.78, 5) is 22.6. The highest BCUT2D eigenvalue weighted by molar-refractivity contribution is 5.83. The molecule has 2 unspecified atom stereocenters. The van der Waals surface area contributed by atoms with Crippen molar-refractivity contribution in [3.63, 3.8) is 0 Å². The Morgan fingerprint density at radius 3 is 2.59 bits per heavy atom. The van der Waals surface area contributed by atoms with Gasteiger partial charge in [-0.2, -0.15) is 0 Å². The Labute approximate surface area is 102 Å². The van der Waals surface area contributed by atoms with Gasteiger partial charge in [-0.3, -0.25) is 4.79 Å². The molecule has 0 bridgehead atoms. The molecule has 0 radical (unpaired) electrons. The Bertz CT molecular complexity index is 272. The molecule has 0 aromatic rings. The van der Waals surface area contributed by atoms with E-state index >= 15 is 0 Å². The SMILES string of the molecule is CC(C)C(NC(=O)CC1CCCCO1)C(=O)O. The van der Waals surface area contributed by atoms with E-state index < -0.39 is 12.0 Å². The van der Waals surface area contributed by atoms with Crippen molar-refractivity contribution in [3.8, 4) is 0 Å². The summed E-state index contributed by atoms with van der Waals surface area (Å²) in [5.74, 6) is -1.35. The van der Waals surface area contributed by atoms with Crippen LogP contribution in [0.4, 0.5) is 0 Å². The van der Waals surface area contributed by atoms with Crippen LogP contribution in [0, 0.1) is 5.92 Å². The van der Waals surface area contributed by atoms with Gasteiger partial charge in [0.1, 0.15) is 6.04 Å². The summed E-state index contributed by atoms with van der Waals surface area (Å²) in [6.45, 7) is 4.25. The fourth-order valence-electron chi connectivity index (χ4n) is 1.92. The average Bonchev–Trinajstić information content (AvgIpc) is 2.26. The quantitative estimate of drug-likeness (QED) is 0.760. The highest BCUT2D eigenvalue weighted by atomic mass is 16.5. The largest absolute Gasteiger partial charge is 0.480 e. The lowest BCUT2D eigenvalue weighted by molar-refractivity contribution is -0.143. The number of hydrogen-bond acceptors (Lipinski definition) is 3. The average molecular weight is 243 g/mol. The standard InChI is InChI=1S/C12H21NO4/c1-8(2)11(12(15)16)13-10(14)7-9-5-3-4-6-17-9/h8-9,11H,3-7H2,1-2H3,(H,13,14)(H,15,16). The number of aliphatic carboxylic acids is 1. The van der Waals surface area contributed by atoms with E-state index in [2.05, 4.69) is 5.32 Å². The van der Waals surface area contributed by atoms with Gasteiger partial charge in [-0.15, -0.1) is 0 Å². The lowest BCUT2D eigenvalue weighted by Crippen LogP contribution is -2.45. The van der Waals surface area contributed by atoms with Crippen LogP contribution in [-0.4, -0.2) is 35.7 Å². The number of carboxylic acids is 1. The van der Waals surface area contributed by atoms with Crippen molar-refractivity contribution in [1.29, 1.82) is 0 Å². The summed E-state index contributed by atoms with van der Waals surface area (Å²) in [5, 5.41) is 11.5. The van der Waals surface area contributed by atoms with E-state index in [1.54, 1.807) is 13.8 Å². The monoisotopic (exact) mass is 243 g/mol. The normalized spacial score (nSPS) is 22.2. The zero-order valence-corrected chi connectivity index (χ0v) is 10.4. The second-order valence-electron chi connectivity index (χ2n) is 4.82. The summed E-state index contributed by atoms with van der Waals surface area (Å²) in [5.41, 5.74) is 0. The summed E-state index contributed by atoms with van der Waals surface area (Å²) in [6.07, 6.45) is 3.21. The molecule has 5 heteroatoms. The summed E-state index contributed by atoms with van der Waals surface area (Å²) >= 11 is 0. The number of carbonyl (C=O) groups excluding carboxylic acids is 1. The van der Waals surface area contributed by atoms with Crippen molar-refractivity contribution in [2.75, 3.05) is 6.61 Å². The minimum atomic E-state index is -0.988. The second-order valence-corrected chi connectivity index (χ2v) is 4.82. The summed E-state index contributed by atoms with van der Waals surface area (Å²) in [7, 11) is 0. The minimum absolute atomic E-state index is 0.0506. The summed E-state index contributed by atoms with van der Waals surface area (Å²) in [6, 6.07) is -0.814. The molecule has 2 atom stereocenters. The van der Waals surface area contributed by atoms with Crippen LogP contribution < -0.4 is 5.32 Å².